The van der Waals surface area contributed by atoms with Crippen LogP contribution in [0.1, 0.15) is 32.1 Å². The second-order valence-corrected chi connectivity index (χ2v) is 10.3. The van der Waals surface area contributed by atoms with E-state index in [-0.39, 0.29) is 39.8 Å². The zero-order valence-electron chi connectivity index (χ0n) is 15.6. The number of halogens is 2. The van der Waals surface area contributed by atoms with Crippen LogP contribution in [0.4, 0.5) is 15.0 Å². The van der Waals surface area contributed by atoms with E-state index in [1.54, 1.807) is 11.0 Å². The normalized spacial score (nSPS) is 41.3. The number of hydrogen-bond acceptors (Lipinski definition) is 5. The Morgan fingerprint density at radius 1 is 1.39 bits per heavy atom. The molecule has 4 saturated carbocycles. The number of rotatable bonds is 3. The van der Waals surface area contributed by atoms with Crippen LogP contribution in [-0.2, 0) is 4.74 Å². The van der Waals surface area contributed by atoms with Crippen LogP contribution in [0, 0.1) is 23.6 Å². The maximum atomic E-state index is 13.0. The summed E-state index contributed by atoms with van der Waals surface area (Å²) in [6.45, 7) is 1.19. The van der Waals surface area contributed by atoms with Crippen molar-refractivity contribution in [1.29, 1.82) is 0 Å². The molecule has 6 nitrogen and oxygen atoms in total. The van der Waals surface area contributed by atoms with E-state index >= 15 is 0 Å². The molecule has 0 spiro atoms. The number of carbonyl (C=O) groups excluding carboxylic acids is 1. The van der Waals surface area contributed by atoms with Gasteiger partial charge in [-0.1, -0.05) is 22.6 Å². The average molecular weight is 501 g/mol. The third-order valence-electron chi connectivity index (χ3n) is 7.04. The molecule has 1 aliphatic heterocycles. The number of pyridine rings is 1. The van der Waals surface area contributed by atoms with Gasteiger partial charge in [-0.15, -0.1) is 0 Å². The molecule has 0 aromatic carbocycles. The first-order valence-electron chi connectivity index (χ1n) is 10.1. The molecule has 7 unspecified atom stereocenters. The van der Waals surface area contributed by atoms with Gasteiger partial charge in [-0.2, -0.15) is 0 Å². The summed E-state index contributed by atoms with van der Waals surface area (Å²) >= 11 is 2.37. The number of aliphatic hydroxyl groups is 1. The number of carbonyl (C=O) groups is 1. The first-order valence-corrected chi connectivity index (χ1v) is 11.4. The molecule has 4 bridgehead atoms. The molecule has 2 N–H and O–H groups in total. The lowest BCUT2D eigenvalue weighted by atomic mass is 9.53. The SMILES string of the molecule is O=C(OC1C2CC3CC1C(I)C(O)(C3)C2)N1CCC(Nc2ccc(F)cn2)C1. The summed E-state index contributed by atoms with van der Waals surface area (Å²) < 4.78 is 19.2. The Bertz CT molecular complexity index is 766. The first kappa shape index (κ1) is 18.8. The maximum absolute atomic E-state index is 13.0. The molecule has 8 heteroatoms. The highest BCUT2D eigenvalue weighted by molar-refractivity contribution is 14.1. The van der Waals surface area contributed by atoms with Crippen LogP contribution < -0.4 is 5.32 Å². The summed E-state index contributed by atoms with van der Waals surface area (Å²) in [6, 6.07) is 3.06. The summed E-state index contributed by atoms with van der Waals surface area (Å²) in [6.07, 6.45) is 5.47. The van der Waals surface area contributed by atoms with Crippen molar-refractivity contribution >= 4 is 34.5 Å². The fourth-order valence-electron chi connectivity index (χ4n) is 5.93. The summed E-state index contributed by atoms with van der Waals surface area (Å²) in [5.74, 6) is 1.39. The largest absolute Gasteiger partial charge is 0.445 e. The maximum Gasteiger partial charge on any atom is 0.410 e. The highest BCUT2D eigenvalue weighted by atomic mass is 127. The van der Waals surface area contributed by atoms with Crippen molar-refractivity contribution in [3.05, 3.63) is 24.1 Å². The van der Waals surface area contributed by atoms with Crippen molar-refractivity contribution in [2.24, 2.45) is 17.8 Å². The summed E-state index contributed by atoms with van der Waals surface area (Å²) in [5.41, 5.74) is -0.565. The van der Waals surface area contributed by atoms with E-state index in [0.717, 1.165) is 32.1 Å². The van der Waals surface area contributed by atoms with Gasteiger partial charge in [0.1, 0.15) is 17.7 Å². The highest BCUT2D eigenvalue weighted by Crippen LogP contribution is 2.59. The number of ether oxygens (including phenoxy) is 1. The van der Waals surface area contributed by atoms with Crippen LogP contribution in [-0.4, -0.2) is 55.8 Å². The number of anilines is 1. The van der Waals surface area contributed by atoms with E-state index < -0.39 is 5.60 Å². The Hall–Kier alpha value is -1.16. The van der Waals surface area contributed by atoms with Crippen molar-refractivity contribution in [3.8, 4) is 0 Å². The lowest BCUT2D eigenvalue weighted by Crippen LogP contribution is -2.64. The minimum Gasteiger partial charge on any atom is -0.445 e. The molecule has 5 aliphatic rings. The standard InChI is InChI=1S/C20H25FIN3O3/c21-13-1-2-16(23-9-13)24-14-3-4-25(10-14)19(26)28-17-12-5-11-6-15(17)18(22)20(27,7-11)8-12/h1-2,9,11-12,14-15,17-18,27H,3-8,10H2,(H,23,24). The van der Waals surface area contributed by atoms with Crippen molar-refractivity contribution in [3.63, 3.8) is 0 Å². The lowest BCUT2D eigenvalue weighted by molar-refractivity contribution is -0.168. The molecule has 1 aromatic heterocycles. The molecule has 152 valence electrons. The van der Waals surface area contributed by atoms with Crippen LogP contribution >= 0.6 is 22.6 Å². The predicted molar refractivity (Wildman–Crippen MR) is 110 cm³/mol. The number of likely N-dealkylation sites (tertiary alicyclic amines) is 1. The van der Waals surface area contributed by atoms with Crippen molar-refractivity contribution in [1.82, 2.24) is 9.88 Å². The molecule has 1 aromatic rings. The monoisotopic (exact) mass is 501 g/mol. The van der Waals surface area contributed by atoms with Gasteiger partial charge in [0.05, 0.1) is 11.8 Å². The zero-order valence-corrected chi connectivity index (χ0v) is 17.7. The Morgan fingerprint density at radius 2 is 2.25 bits per heavy atom. The Kier molecular flexibility index (Phi) is 4.69. The molecule has 2 heterocycles. The van der Waals surface area contributed by atoms with Gasteiger partial charge in [-0.05, 0) is 56.1 Å². The molecule has 0 radical (unpaired) electrons. The van der Waals surface area contributed by atoms with Crippen LogP contribution in [0.15, 0.2) is 18.3 Å². The number of amides is 1. The van der Waals surface area contributed by atoms with Crippen molar-refractivity contribution in [2.45, 2.75) is 53.8 Å². The van der Waals surface area contributed by atoms with Crippen LogP contribution in [0.3, 0.4) is 0 Å². The van der Waals surface area contributed by atoms with Gasteiger partial charge < -0.3 is 20.1 Å². The highest BCUT2D eigenvalue weighted by Gasteiger charge is 2.61. The number of alkyl halides is 1. The molecule has 6 rings (SSSR count). The molecular formula is C20H25FIN3O3. The van der Waals surface area contributed by atoms with Gasteiger partial charge in [0, 0.05) is 29.0 Å². The minimum absolute atomic E-state index is 0.0722. The number of nitrogens with zero attached hydrogens (tertiary/aromatic N) is 2. The molecule has 7 atom stereocenters. The van der Waals surface area contributed by atoms with E-state index in [2.05, 4.69) is 32.9 Å². The topological polar surface area (TPSA) is 74.7 Å². The molecule has 1 saturated heterocycles. The van der Waals surface area contributed by atoms with E-state index in [1.807, 2.05) is 0 Å². The second-order valence-electron chi connectivity index (χ2n) is 8.96. The Balaban J connectivity index is 1.19. The second kappa shape index (κ2) is 6.97. The molecular weight excluding hydrogens is 476 g/mol. The molecule has 4 aliphatic carbocycles. The molecule has 5 fully saturated rings. The molecule has 28 heavy (non-hydrogen) atoms. The van der Waals surface area contributed by atoms with Crippen molar-refractivity contribution in [2.75, 3.05) is 18.4 Å². The van der Waals surface area contributed by atoms with E-state index in [9.17, 15) is 14.3 Å². The first-order chi connectivity index (χ1) is 13.4. The average Bonchev–Trinajstić information content (AvgIpc) is 3.12. The summed E-state index contributed by atoms with van der Waals surface area (Å²) in [4.78, 5) is 18.6. The Morgan fingerprint density at radius 3 is 3.04 bits per heavy atom. The van der Waals surface area contributed by atoms with Gasteiger partial charge in [0.15, 0.2) is 0 Å². The third-order valence-corrected chi connectivity index (χ3v) is 9.12. The van der Waals surface area contributed by atoms with Gasteiger partial charge in [0.2, 0.25) is 0 Å². The van der Waals surface area contributed by atoms with Gasteiger partial charge in [0.25, 0.3) is 0 Å². The van der Waals surface area contributed by atoms with Crippen LogP contribution in [0.25, 0.3) is 0 Å². The smallest absolute Gasteiger partial charge is 0.410 e. The van der Waals surface area contributed by atoms with Gasteiger partial charge in [-0.3, -0.25) is 0 Å². The zero-order chi connectivity index (χ0) is 19.5. The summed E-state index contributed by atoms with van der Waals surface area (Å²) in [7, 11) is 0. The lowest BCUT2D eigenvalue weighted by Gasteiger charge is -2.59. The van der Waals surface area contributed by atoms with Crippen LogP contribution in [0.2, 0.25) is 0 Å². The van der Waals surface area contributed by atoms with Gasteiger partial charge >= 0.3 is 6.09 Å². The quantitative estimate of drug-likeness (QED) is 0.492. The molecule has 1 amide bonds. The van der Waals surface area contributed by atoms with Crippen LogP contribution in [0.5, 0.6) is 0 Å². The van der Waals surface area contributed by atoms with E-state index in [4.69, 9.17) is 4.74 Å². The predicted octanol–water partition coefficient (Wildman–Crippen LogP) is 3.20. The third kappa shape index (κ3) is 3.26. The fourth-order valence-corrected chi connectivity index (χ4v) is 7.14. The number of hydrogen-bond donors (Lipinski definition) is 2. The minimum atomic E-state index is -0.565. The number of aromatic nitrogens is 1. The fraction of sp³-hybridized carbons (Fsp3) is 0.700. The van der Waals surface area contributed by atoms with Crippen molar-refractivity contribution < 1.29 is 19.0 Å². The summed E-state index contributed by atoms with van der Waals surface area (Å²) in [5, 5.41) is 14.2. The number of nitrogens with one attached hydrogen (secondary N) is 1. The van der Waals surface area contributed by atoms with E-state index in [1.165, 1.54) is 12.3 Å². The van der Waals surface area contributed by atoms with Gasteiger partial charge in [-0.25, -0.2) is 14.2 Å². The Labute approximate surface area is 177 Å². The van der Waals surface area contributed by atoms with E-state index in [0.29, 0.717) is 24.8 Å².